The molecule has 0 radical (unpaired) electrons. The summed E-state index contributed by atoms with van der Waals surface area (Å²) in [7, 11) is 1.63. The molecule has 2 atom stereocenters. The third kappa shape index (κ3) is 6.51. The molecule has 1 saturated carbocycles. The Bertz CT molecular complexity index is 877. The molecule has 1 aromatic heterocycles. The van der Waals surface area contributed by atoms with Crippen LogP contribution in [0, 0.1) is 0 Å². The van der Waals surface area contributed by atoms with E-state index in [-0.39, 0.29) is 47.1 Å². The molecule has 1 aromatic carbocycles. The van der Waals surface area contributed by atoms with Gasteiger partial charge in [0, 0.05) is 24.4 Å². The van der Waals surface area contributed by atoms with E-state index in [4.69, 9.17) is 4.42 Å². The van der Waals surface area contributed by atoms with Crippen molar-refractivity contribution < 1.29 is 22.3 Å². The molecular weight excluding hydrogens is 512 g/mol. The summed E-state index contributed by atoms with van der Waals surface area (Å²) in [6, 6.07) is 6.19. The molecule has 166 valence electrons. The lowest BCUT2D eigenvalue weighted by molar-refractivity contribution is -0.274. The molecule has 1 aliphatic rings. The van der Waals surface area contributed by atoms with E-state index in [9.17, 15) is 13.2 Å². The van der Waals surface area contributed by atoms with Crippen molar-refractivity contribution >= 4 is 29.9 Å². The first-order chi connectivity index (χ1) is 13.6. The highest BCUT2D eigenvalue weighted by Gasteiger charge is 2.42. The van der Waals surface area contributed by atoms with Crippen molar-refractivity contribution in [3.8, 4) is 5.75 Å². The second kappa shape index (κ2) is 9.44. The van der Waals surface area contributed by atoms with E-state index in [1.54, 1.807) is 25.4 Å². The average Bonchev–Trinajstić information content (AvgIpc) is 3.19. The zero-order valence-corrected chi connectivity index (χ0v) is 19.5. The molecule has 0 amide bonds. The predicted octanol–water partition coefficient (Wildman–Crippen LogP) is 4.71. The first-order valence-electron chi connectivity index (χ1n) is 9.34. The number of aromatic nitrogens is 1. The van der Waals surface area contributed by atoms with Gasteiger partial charge in [0.05, 0.1) is 12.7 Å². The fourth-order valence-electron chi connectivity index (χ4n) is 2.97. The Hall–Kier alpha value is -1.98. The largest absolute Gasteiger partial charge is 0.573 e. The van der Waals surface area contributed by atoms with Crippen LogP contribution in [0.1, 0.15) is 50.3 Å². The molecule has 1 heterocycles. The van der Waals surface area contributed by atoms with Crippen LogP contribution in [0.2, 0.25) is 0 Å². The SMILES string of the molecule is CN=C(NCc1ncc(C(C)(C)C)o1)NC1CC1c1ccccc1OC(F)(F)F.I. The summed E-state index contributed by atoms with van der Waals surface area (Å²) in [5, 5.41) is 6.34. The molecular formula is C20H26F3IN4O2. The van der Waals surface area contributed by atoms with E-state index in [1.807, 2.05) is 20.8 Å². The van der Waals surface area contributed by atoms with Gasteiger partial charge in [-0.1, -0.05) is 39.0 Å². The smallest absolute Gasteiger partial charge is 0.443 e. The lowest BCUT2D eigenvalue weighted by atomic mass is 9.94. The van der Waals surface area contributed by atoms with Gasteiger partial charge < -0.3 is 19.8 Å². The maximum Gasteiger partial charge on any atom is 0.573 e. The lowest BCUT2D eigenvalue weighted by Crippen LogP contribution is -2.38. The van der Waals surface area contributed by atoms with Gasteiger partial charge in [-0.25, -0.2) is 4.98 Å². The number of para-hydroxylation sites is 1. The van der Waals surface area contributed by atoms with E-state index >= 15 is 0 Å². The number of nitrogens with zero attached hydrogens (tertiary/aromatic N) is 2. The Morgan fingerprint density at radius 2 is 1.97 bits per heavy atom. The van der Waals surface area contributed by atoms with Gasteiger partial charge in [0.2, 0.25) is 5.89 Å². The number of alkyl halides is 3. The van der Waals surface area contributed by atoms with Crippen LogP contribution in [0.15, 0.2) is 39.9 Å². The van der Waals surface area contributed by atoms with Crippen molar-refractivity contribution in [1.82, 2.24) is 15.6 Å². The molecule has 3 rings (SSSR count). The maximum absolute atomic E-state index is 12.6. The third-order valence-electron chi connectivity index (χ3n) is 4.58. The summed E-state index contributed by atoms with van der Waals surface area (Å²) in [6.45, 7) is 6.47. The summed E-state index contributed by atoms with van der Waals surface area (Å²) >= 11 is 0. The second-order valence-corrected chi connectivity index (χ2v) is 7.97. The van der Waals surface area contributed by atoms with Gasteiger partial charge >= 0.3 is 6.36 Å². The Kier molecular flexibility index (Phi) is 7.64. The maximum atomic E-state index is 12.6. The number of nitrogens with one attached hydrogen (secondary N) is 2. The highest BCUT2D eigenvalue weighted by atomic mass is 127. The van der Waals surface area contributed by atoms with Gasteiger partial charge in [-0.2, -0.15) is 0 Å². The zero-order valence-electron chi connectivity index (χ0n) is 17.2. The summed E-state index contributed by atoms with van der Waals surface area (Å²) in [5.41, 5.74) is 0.401. The molecule has 2 unspecified atom stereocenters. The van der Waals surface area contributed by atoms with Gasteiger partial charge in [-0.15, -0.1) is 37.1 Å². The number of guanidine groups is 1. The number of rotatable bonds is 5. The quantitative estimate of drug-likeness (QED) is 0.328. The van der Waals surface area contributed by atoms with Crippen LogP contribution in [0.5, 0.6) is 5.75 Å². The Labute approximate surface area is 190 Å². The van der Waals surface area contributed by atoms with E-state index < -0.39 is 6.36 Å². The van der Waals surface area contributed by atoms with E-state index in [2.05, 4.69) is 25.3 Å². The number of hydrogen-bond donors (Lipinski definition) is 2. The van der Waals surface area contributed by atoms with E-state index in [0.717, 1.165) is 5.76 Å². The minimum atomic E-state index is -4.71. The van der Waals surface area contributed by atoms with Crippen LogP contribution in [-0.2, 0) is 12.0 Å². The molecule has 2 N–H and O–H groups in total. The van der Waals surface area contributed by atoms with Crippen molar-refractivity contribution in [1.29, 1.82) is 0 Å². The number of aliphatic imine (C=N–C) groups is 1. The van der Waals surface area contributed by atoms with Crippen LogP contribution in [0.25, 0.3) is 0 Å². The minimum Gasteiger partial charge on any atom is -0.443 e. The number of ether oxygens (including phenoxy) is 1. The fourth-order valence-corrected chi connectivity index (χ4v) is 2.97. The van der Waals surface area contributed by atoms with Crippen LogP contribution in [0.3, 0.4) is 0 Å². The Balaban J connectivity index is 0.00000320. The van der Waals surface area contributed by atoms with Crippen LogP contribution in [-0.4, -0.2) is 30.4 Å². The molecule has 2 aromatic rings. The van der Waals surface area contributed by atoms with Crippen molar-refractivity contribution in [3.63, 3.8) is 0 Å². The molecule has 1 aliphatic carbocycles. The van der Waals surface area contributed by atoms with Crippen LogP contribution < -0.4 is 15.4 Å². The van der Waals surface area contributed by atoms with Crippen LogP contribution >= 0.6 is 24.0 Å². The molecule has 0 aliphatic heterocycles. The molecule has 10 heteroatoms. The molecule has 6 nitrogen and oxygen atoms in total. The predicted molar refractivity (Wildman–Crippen MR) is 118 cm³/mol. The fraction of sp³-hybridized carbons (Fsp3) is 0.500. The molecule has 1 fully saturated rings. The topological polar surface area (TPSA) is 71.7 Å². The number of benzene rings is 1. The van der Waals surface area contributed by atoms with Crippen LogP contribution in [0.4, 0.5) is 13.2 Å². The van der Waals surface area contributed by atoms with Crippen molar-refractivity contribution in [3.05, 3.63) is 47.7 Å². The van der Waals surface area contributed by atoms with Gasteiger partial charge in [-0.05, 0) is 18.1 Å². The van der Waals surface area contributed by atoms with E-state index in [1.165, 1.54) is 12.1 Å². The molecule has 0 saturated heterocycles. The van der Waals surface area contributed by atoms with Crippen molar-refractivity contribution in [2.24, 2.45) is 4.99 Å². The molecule has 30 heavy (non-hydrogen) atoms. The van der Waals surface area contributed by atoms with Gasteiger partial charge in [0.25, 0.3) is 0 Å². The first-order valence-corrected chi connectivity index (χ1v) is 9.34. The summed E-state index contributed by atoms with van der Waals surface area (Å²) in [4.78, 5) is 8.42. The first kappa shape index (κ1) is 24.3. The Morgan fingerprint density at radius 3 is 2.57 bits per heavy atom. The zero-order chi connectivity index (χ0) is 21.2. The highest BCUT2D eigenvalue weighted by molar-refractivity contribution is 14.0. The summed E-state index contributed by atoms with van der Waals surface area (Å²) in [5.74, 6) is 1.62. The standard InChI is InChI=1S/C20H25F3N4O2.HI/c1-19(2,3)16-10-25-17(28-16)11-26-18(24-4)27-14-9-13(14)12-7-5-6-8-15(12)29-20(21,22)23;/h5-8,10,13-14H,9,11H2,1-4H3,(H2,24,26,27);1H. The van der Waals surface area contributed by atoms with Crippen molar-refractivity contribution in [2.45, 2.75) is 57.5 Å². The van der Waals surface area contributed by atoms with Gasteiger partial charge in [0.1, 0.15) is 11.5 Å². The van der Waals surface area contributed by atoms with Gasteiger partial charge in [-0.3, -0.25) is 4.99 Å². The normalized spacial score (nSPS) is 19.1. The minimum absolute atomic E-state index is 0. The number of oxazole rings is 1. The lowest BCUT2D eigenvalue weighted by Gasteiger charge is -2.14. The average molecular weight is 538 g/mol. The van der Waals surface area contributed by atoms with Crippen molar-refractivity contribution in [2.75, 3.05) is 7.05 Å². The van der Waals surface area contributed by atoms with E-state index in [0.29, 0.717) is 30.4 Å². The summed E-state index contributed by atoms with van der Waals surface area (Å²) in [6.07, 6.45) is -2.32. The Morgan fingerprint density at radius 1 is 1.27 bits per heavy atom. The molecule has 0 bridgehead atoms. The van der Waals surface area contributed by atoms with Gasteiger partial charge in [0.15, 0.2) is 5.96 Å². The highest BCUT2D eigenvalue weighted by Crippen LogP contribution is 2.45. The summed E-state index contributed by atoms with van der Waals surface area (Å²) < 4.78 is 47.8. The second-order valence-electron chi connectivity index (χ2n) is 7.97. The molecule has 0 spiro atoms. The number of hydrogen-bond acceptors (Lipinski definition) is 4. The monoisotopic (exact) mass is 538 g/mol. The number of halogens is 4. The third-order valence-corrected chi connectivity index (χ3v) is 4.58.